The molecule has 1 aromatic carbocycles. The topological polar surface area (TPSA) is 64.7 Å². The molecular weight excluding hydrogens is 326 g/mol. The quantitative estimate of drug-likeness (QED) is 0.696. The molecule has 1 N–H and O–H groups in total. The molecule has 0 saturated heterocycles. The third-order valence-corrected chi connectivity index (χ3v) is 4.22. The van der Waals surface area contributed by atoms with E-state index in [9.17, 15) is 4.79 Å². The van der Waals surface area contributed by atoms with E-state index in [1.165, 1.54) is 6.33 Å². The lowest BCUT2D eigenvalue weighted by molar-refractivity contribution is -0.117. The Hall–Kier alpha value is -3.15. The van der Waals surface area contributed by atoms with Gasteiger partial charge in [0.25, 0.3) is 0 Å². The number of nitrogens with zero attached hydrogens (tertiary/aromatic N) is 4. The van der Waals surface area contributed by atoms with Crippen molar-refractivity contribution in [1.82, 2.24) is 24.6 Å². The number of hydrogen-bond acceptors (Lipinski definition) is 3. The number of hydrogen-bond donors (Lipinski definition) is 1. The number of benzene rings is 1. The van der Waals surface area contributed by atoms with E-state index in [4.69, 9.17) is 0 Å². The third-order valence-electron chi connectivity index (χ3n) is 4.22. The number of para-hydroxylation sites is 1. The van der Waals surface area contributed by atoms with Crippen LogP contribution in [-0.2, 0) is 11.3 Å². The largest absolute Gasteiger partial charge is 0.348 e. The van der Waals surface area contributed by atoms with Crippen LogP contribution in [0.1, 0.15) is 23.9 Å². The molecule has 1 amide bonds. The van der Waals surface area contributed by atoms with Gasteiger partial charge in [-0.05, 0) is 50.6 Å². The van der Waals surface area contributed by atoms with Gasteiger partial charge in [0.15, 0.2) is 0 Å². The van der Waals surface area contributed by atoms with Crippen LogP contribution in [0, 0.1) is 13.8 Å². The number of nitrogens with one attached hydrogen (secondary N) is 1. The molecule has 1 unspecified atom stereocenters. The van der Waals surface area contributed by atoms with Crippen molar-refractivity contribution in [2.75, 3.05) is 0 Å². The first kappa shape index (κ1) is 17.7. The van der Waals surface area contributed by atoms with Crippen LogP contribution < -0.4 is 5.32 Å². The van der Waals surface area contributed by atoms with Gasteiger partial charge in [-0.2, -0.15) is 5.10 Å². The highest BCUT2D eigenvalue weighted by Gasteiger charge is 2.10. The fourth-order valence-electron chi connectivity index (χ4n) is 3.04. The third kappa shape index (κ3) is 4.08. The molecule has 3 aromatic rings. The Morgan fingerprint density at radius 1 is 1.27 bits per heavy atom. The Balaban J connectivity index is 1.67. The van der Waals surface area contributed by atoms with E-state index in [1.54, 1.807) is 17.1 Å². The van der Waals surface area contributed by atoms with Crippen molar-refractivity contribution in [1.29, 1.82) is 0 Å². The van der Waals surface area contributed by atoms with Gasteiger partial charge in [-0.25, -0.2) is 4.98 Å². The Bertz CT molecular complexity index is 894. The van der Waals surface area contributed by atoms with Crippen LogP contribution >= 0.6 is 0 Å². The Morgan fingerprint density at radius 2 is 2.04 bits per heavy atom. The van der Waals surface area contributed by atoms with Gasteiger partial charge in [0.2, 0.25) is 5.91 Å². The Morgan fingerprint density at radius 3 is 2.73 bits per heavy atom. The lowest BCUT2D eigenvalue weighted by Crippen LogP contribution is -2.34. The van der Waals surface area contributed by atoms with Crippen LogP contribution in [0.5, 0.6) is 0 Å². The van der Waals surface area contributed by atoms with E-state index in [0.29, 0.717) is 6.54 Å². The molecule has 1 atom stereocenters. The summed E-state index contributed by atoms with van der Waals surface area (Å²) in [6.45, 7) is 6.65. The molecule has 6 nitrogen and oxygen atoms in total. The molecule has 0 bridgehead atoms. The van der Waals surface area contributed by atoms with Crippen molar-refractivity contribution in [3.8, 4) is 5.69 Å². The van der Waals surface area contributed by atoms with E-state index in [1.807, 2.05) is 31.2 Å². The highest BCUT2D eigenvalue weighted by Crippen LogP contribution is 2.21. The van der Waals surface area contributed by atoms with E-state index in [0.717, 1.165) is 22.6 Å². The highest BCUT2D eigenvalue weighted by molar-refractivity contribution is 5.92. The summed E-state index contributed by atoms with van der Waals surface area (Å²) in [5.41, 5.74) is 4.39. The van der Waals surface area contributed by atoms with Crippen molar-refractivity contribution in [3.63, 3.8) is 0 Å². The summed E-state index contributed by atoms with van der Waals surface area (Å²) in [6.07, 6.45) is 6.56. The first-order chi connectivity index (χ1) is 12.5. The molecule has 0 aliphatic rings. The summed E-state index contributed by atoms with van der Waals surface area (Å²) >= 11 is 0. The molecule has 0 aliphatic carbocycles. The fraction of sp³-hybridized carbons (Fsp3) is 0.250. The summed E-state index contributed by atoms with van der Waals surface area (Å²) in [5.74, 6) is -0.123. The predicted octanol–water partition coefficient (Wildman–Crippen LogP) is 2.90. The maximum atomic E-state index is 12.2. The first-order valence-corrected chi connectivity index (χ1v) is 8.60. The average Bonchev–Trinajstić information content (AvgIpc) is 3.21. The summed E-state index contributed by atoms with van der Waals surface area (Å²) in [7, 11) is 0. The van der Waals surface area contributed by atoms with Crippen molar-refractivity contribution < 1.29 is 4.79 Å². The monoisotopic (exact) mass is 349 g/mol. The molecule has 0 fully saturated rings. The maximum Gasteiger partial charge on any atom is 0.244 e. The summed E-state index contributed by atoms with van der Waals surface area (Å²) in [6, 6.07) is 12.2. The van der Waals surface area contributed by atoms with Gasteiger partial charge in [-0.1, -0.05) is 18.2 Å². The van der Waals surface area contributed by atoms with Crippen LogP contribution in [0.25, 0.3) is 11.8 Å². The number of rotatable bonds is 6. The minimum Gasteiger partial charge on any atom is -0.348 e. The van der Waals surface area contributed by atoms with Crippen LogP contribution in [0.3, 0.4) is 0 Å². The van der Waals surface area contributed by atoms with Crippen molar-refractivity contribution in [2.24, 2.45) is 0 Å². The first-order valence-electron chi connectivity index (χ1n) is 8.60. The summed E-state index contributed by atoms with van der Waals surface area (Å²) in [4.78, 5) is 16.1. The predicted molar refractivity (Wildman–Crippen MR) is 102 cm³/mol. The number of amides is 1. The second-order valence-electron chi connectivity index (χ2n) is 6.36. The second kappa shape index (κ2) is 7.82. The van der Waals surface area contributed by atoms with E-state index in [2.05, 4.69) is 52.0 Å². The molecular formula is C20H23N5O. The van der Waals surface area contributed by atoms with E-state index >= 15 is 0 Å². The van der Waals surface area contributed by atoms with Crippen LogP contribution in [0.4, 0.5) is 0 Å². The smallest absolute Gasteiger partial charge is 0.244 e. The SMILES string of the molecule is Cc1cc(C=CC(=O)NC(C)Cn2cncn2)c(C)n1-c1ccccc1. The zero-order chi connectivity index (χ0) is 18.5. The lowest BCUT2D eigenvalue weighted by atomic mass is 10.2. The van der Waals surface area contributed by atoms with Crippen LogP contribution in [0.15, 0.2) is 55.1 Å². The zero-order valence-corrected chi connectivity index (χ0v) is 15.3. The molecule has 3 rings (SSSR count). The molecule has 26 heavy (non-hydrogen) atoms. The highest BCUT2D eigenvalue weighted by atomic mass is 16.1. The number of aromatic nitrogens is 4. The van der Waals surface area contributed by atoms with E-state index < -0.39 is 0 Å². The molecule has 0 aliphatic heterocycles. The Kier molecular flexibility index (Phi) is 5.31. The van der Waals surface area contributed by atoms with Gasteiger partial charge in [0.1, 0.15) is 12.7 Å². The second-order valence-corrected chi connectivity index (χ2v) is 6.36. The number of aryl methyl sites for hydroxylation is 1. The van der Waals surface area contributed by atoms with Gasteiger partial charge in [-0.15, -0.1) is 0 Å². The fourth-order valence-corrected chi connectivity index (χ4v) is 3.04. The van der Waals surface area contributed by atoms with E-state index in [-0.39, 0.29) is 11.9 Å². The van der Waals surface area contributed by atoms with Crippen molar-refractivity contribution in [3.05, 3.63) is 72.1 Å². The number of carbonyl (C=O) groups is 1. The molecule has 2 aromatic heterocycles. The van der Waals surface area contributed by atoms with Gasteiger partial charge in [0, 0.05) is 29.2 Å². The van der Waals surface area contributed by atoms with Crippen molar-refractivity contribution >= 4 is 12.0 Å². The number of carbonyl (C=O) groups excluding carboxylic acids is 1. The van der Waals surface area contributed by atoms with Gasteiger partial charge in [-0.3, -0.25) is 9.48 Å². The standard InChI is InChI=1S/C20H23N5O/c1-15(12-24-14-21-13-22-24)23-20(26)10-9-18-11-16(2)25(17(18)3)19-7-5-4-6-8-19/h4-11,13-15H,12H2,1-3H3,(H,23,26). The minimum absolute atomic E-state index is 0.0365. The average molecular weight is 349 g/mol. The van der Waals surface area contributed by atoms with Crippen LogP contribution in [-0.4, -0.2) is 31.3 Å². The molecule has 0 radical (unpaired) electrons. The molecule has 134 valence electrons. The molecule has 2 heterocycles. The summed E-state index contributed by atoms with van der Waals surface area (Å²) < 4.78 is 3.88. The van der Waals surface area contributed by atoms with Gasteiger partial charge >= 0.3 is 0 Å². The molecule has 0 spiro atoms. The normalized spacial score (nSPS) is 12.4. The minimum atomic E-state index is -0.123. The lowest BCUT2D eigenvalue weighted by Gasteiger charge is -2.11. The molecule has 0 saturated carbocycles. The zero-order valence-electron chi connectivity index (χ0n) is 15.3. The Labute approximate surface area is 153 Å². The van der Waals surface area contributed by atoms with Gasteiger partial charge in [0.05, 0.1) is 6.54 Å². The van der Waals surface area contributed by atoms with Crippen LogP contribution in [0.2, 0.25) is 0 Å². The van der Waals surface area contributed by atoms with Gasteiger partial charge < -0.3 is 9.88 Å². The maximum absolute atomic E-state index is 12.2. The van der Waals surface area contributed by atoms with Crippen molar-refractivity contribution in [2.45, 2.75) is 33.4 Å². The summed E-state index contributed by atoms with van der Waals surface area (Å²) in [5, 5.41) is 6.98. The molecule has 6 heteroatoms.